The monoisotopic (exact) mass is 292 g/mol. The molecule has 0 radical (unpaired) electrons. The third kappa shape index (κ3) is 2.75. The summed E-state index contributed by atoms with van der Waals surface area (Å²) in [6.45, 7) is 8.98. The van der Waals surface area contributed by atoms with Crippen LogP contribution in [0.4, 0.5) is 0 Å². The lowest BCUT2D eigenvalue weighted by Crippen LogP contribution is -2.41. The molecule has 0 aromatic heterocycles. The van der Waals surface area contributed by atoms with Crippen LogP contribution in [0.2, 0.25) is 0 Å². The molecule has 3 rings (SSSR count). The fraction of sp³-hybridized carbons (Fsp3) is 0.947. The van der Waals surface area contributed by atoms with Crippen molar-refractivity contribution in [3.8, 4) is 0 Å². The smallest absolute Gasteiger partial charge is 0.309 e. The molecule has 0 heterocycles. The van der Waals surface area contributed by atoms with Gasteiger partial charge >= 0.3 is 5.97 Å². The molecule has 0 amide bonds. The van der Waals surface area contributed by atoms with Crippen LogP contribution in [0.15, 0.2) is 0 Å². The maximum Gasteiger partial charge on any atom is 0.309 e. The number of carbonyl (C=O) groups excluding carboxylic acids is 1. The van der Waals surface area contributed by atoms with Crippen molar-refractivity contribution in [1.82, 2.24) is 0 Å². The Hall–Kier alpha value is -0.530. The molecule has 5 unspecified atom stereocenters. The number of fused-ring (bicyclic) bond motifs is 2. The summed E-state index contributed by atoms with van der Waals surface area (Å²) in [5.41, 5.74) is -0.270. The van der Waals surface area contributed by atoms with Crippen molar-refractivity contribution < 1.29 is 9.53 Å². The molecule has 2 nitrogen and oxygen atoms in total. The summed E-state index contributed by atoms with van der Waals surface area (Å²) in [7, 11) is 0. The first-order valence-corrected chi connectivity index (χ1v) is 9.13. The van der Waals surface area contributed by atoms with Crippen LogP contribution in [0.25, 0.3) is 0 Å². The van der Waals surface area contributed by atoms with E-state index >= 15 is 0 Å². The normalized spacial score (nSPS) is 40.5. The molecule has 0 spiro atoms. The van der Waals surface area contributed by atoms with E-state index in [-0.39, 0.29) is 17.5 Å². The van der Waals surface area contributed by atoms with E-state index in [1.165, 1.54) is 38.5 Å². The minimum Gasteiger partial charge on any atom is -0.459 e. The zero-order chi connectivity index (χ0) is 15.2. The number of hydrogen-bond acceptors (Lipinski definition) is 2. The Kier molecular flexibility index (Phi) is 4.09. The van der Waals surface area contributed by atoms with Gasteiger partial charge in [-0.25, -0.2) is 0 Å². The second-order valence-electron chi connectivity index (χ2n) is 8.58. The second-order valence-corrected chi connectivity index (χ2v) is 8.58. The summed E-state index contributed by atoms with van der Waals surface area (Å²) in [4.78, 5) is 12.7. The first-order valence-electron chi connectivity index (χ1n) is 9.13. The average Bonchev–Trinajstić information content (AvgIpc) is 3.01. The summed E-state index contributed by atoms with van der Waals surface area (Å²) in [5.74, 6) is 3.69. The summed E-state index contributed by atoms with van der Waals surface area (Å²) in [6.07, 6.45) is 8.74. The Morgan fingerprint density at radius 3 is 2.24 bits per heavy atom. The quantitative estimate of drug-likeness (QED) is 0.697. The molecule has 0 N–H and O–H groups in total. The molecule has 2 heteroatoms. The highest BCUT2D eigenvalue weighted by atomic mass is 16.6. The molecule has 0 aliphatic heterocycles. The molecule has 3 aliphatic carbocycles. The summed E-state index contributed by atoms with van der Waals surface area (Å²) >= 11 is 0. The van der Waals surface area contributed by atoms with Crippen LogP contribution in [0.1, 0.15) is 72.6 Å². The van der Waals surface area contributed by atoms with Gasteiger partial charge in [0.15, 0.2) is 0 Å². The van der Waals surface area contributed by atoms with Gasteiger partial charge in [-0.15, -0.1) is 0 Å². The van der Waals surface area contributed by atoms with E-state index in [0.29, 0.717) is 17.8 Å². The molecule has 0 saturated heterocycles. The van der Waals surface area contributed by atoms with E-state index in [1.807, 2.05) is 0 Å². The number of ether oxygens (including phenoxy) is 1. The van der Waals surface area contributed by atoms with Crippen LogP contribution in [0.5, 0.6) is 0 Å². The topological polar surface area (TPSA) is 26.3 Å². The number of esters is 1. The number of carbonyl (C=O) groups is 1. The largest absolute Gasteiger partial charge is 0.459 e. The third-order valence-electron chi connectivity index (χ3n) is 7.15. The van der Waals surface area contributed by atoms with E-state index in [1.54, 1.807) is 0 Å². The van der Waals surface area contributed by atoms with Crippen molar-refractivity contribution in [2.45, 2.75) is 78.2 Å². The fourth-order valence-corrected chi connectivity index (χ4v) is 5.43. The van der Waals surface area contributed by atoms with E-state index in [9.17, 15) is 4.79 Å². The van der Waals surface area contributed by atoms with Gasteiger partial charge in [0.25, 0.3) is 0 Å². The van der Waals surface area contributed by atoms with E-state index in [4.69, 9.17) is 4.74 Å². The average molecular weight is 292 g/mol. The van der Waals surface area contributed by atoms with Gasteiger partial charge in [0.1, 0.15) is 5.60 Å². The van der Waals surface area contributed by atoms with Gasteiger partial charge in [0.05, 0.1) is 5.92 Å². The Bertz CT molecular complexity index is 392. The Morgan fingerprint density at radius 2 is 1.67 bits per heavy atom. The highest BCUT2D eigenvalue weighted by Crippen LogP contribution is 2.55. The zero-order valence-corrected chi connectivity index (χ0v) is 14.2. The molecule has 3 saturated carbocycles. The van der Waals surface area contributed by atoms with Crippen LogP contribution >= 0.6 is 0 Å². The first kappa shape index (κ1) is 15.4. The van der Waals surface area contributed by atoms with Gasteiger partial charge in [-0.3, -0.25) is 4.79 Å². The second kappa shape index (κ2) is 5.59. The lowest BCUT2D eigenvalue weighted by Gasteiger charge is -2.38. The SMILES string of the molecule is CC1C2CC(C(=O)OC(C)(C)C3CCCCC3)C(C2)C1C. The Labute approximate surface area is 130 Å². The highest BCUT2D eigenvalue weighted by Gasteiger charge is 2.52. The summed E-state index contributed by atoms with van der Waals surface area (Å²) in [5, 5.41) is 0. The van der Waals surface area contributed by atoms with E-state index in [0.717, 1.165) is 18.3 Å². The van der Waals surface area contributed by atoms with E-state index in [2.05, 4.69) is 27.7 Å². The molecule has 0 aromatic rings. The van der Waals surface area contributed by atoms with Crippen LogP contribution in [-0.2, 0) is 9.53 Å². The van der Waals surface area contributed by atoms with Crippen LogP contribution in [0, 0.1) is 35.5 Å². The maximum atomic E-state index is 12.7. The lowest BCUT2D eigenvalue weighted by atomic mass is 9.75. The Balaban J connectivity index is 1.61. The van der Waals surface area contributed by atoms with E-state index < -0.39 is 0 Å². The summed E-state index contributed by atoms with van der Waals surface area (Å²) < 4.78 is 6.06. The van der Waals surface area contributed by atoms with Gasteiger partial charge in [0, 0.05) is 0 Å². The molecule has 5 atom stereocenters. The maximum absolute atomic E-state index is 12.7. The zero-order valence-electron chi connectivity index (χ0n) is 14.2. The van der Waals surface area contributed by atoms with Gasteiger partial charge < -0.3 is 4.74 Å². The van der Waals surface area contributed by atoms with Crippen molar-refractivity contribution in [2.75, 3.05) is 0 Å². The van der Waals surface area contributed by atoms with Crippen molar-refractivity contribution in [3.63, 3.8) is 0 Å². The molecule has 2 bridgehead atoms. The first-order chi connectivity index (χ1) is 9.90. The lowest BCUT2D eigenvalue weighted by molar-refractivity contribution is -0.171. The van der Waals surface area contributed by atoms with Gasteiger partial charge in [-0.05, 0) is 69.1 Å². The van der Waals surface area contributed by atoms with Crippen molar-refractivity contribution >= 4 is 5.97 Å². The van der Waals surface area contributed by atoms with Crippen molar-refractivity contribution in [2.24, 2.45) is 35.5 Å². The van der Waals surface area contributed by atoms with Crippen molar-refractivity contribution in [1.29, 1.82) is 0 Å². The standard InChI is InChI=1S/C19H32O2/c1-12-13(2)16-10-14(12)11-17(16)18(20)21-19(3,4)15-8-6-5-7-9-15/h12-17H,5-11H2,1-4H3. The number of hydrogen-bond donors (Lipinski definition) is 0. The fourth-order valence-electron chi connectivity index (χ4n) is 5.43. The van der Waals surface area contributed by atoms with Crippen LogP contribution < -0.4 is 0 Å². The molecule has 3 aliphatic rings. The van der Waals surface area contributed by atoms with Gasteiger partial charge in [0.2, 0.25) is 0 Å². The van der Waals surface area contributed by atoms with Gasteiger partial charge in [-0.2, -0.15) is 0 Å². The molecular formula is C19H32O2. The van der Waals surface area contributed by atoms with Crippen molar-refractivity contribution in [3.05, 3.63) is 0 Å². The number of rotatable bonds is 3. The highest BCUT2D eigenvalue weighted by molar-refractivity contribution is 5.74. The summed E-state index contributed by atoms with van der Waals surface area (Å²) in [6, 6.07) is 0. The predicted molar refractivity (Wildman–Crippen MR) is 84.8 cm³/mol. The van der Waals surface area contributed by atoms with Crippen LogP contribution in [0.3, 0.4) is 0 Å². The molecule has 0 aromatic carbocycles. The molecule has 120 valence electrons. The molecule has 21 heavy (non-hydrogen) atoms. The third-order valence-corrected chi connectivity index (χ3v) is 7.15. The minimum atomic E-state index is -0.270. The minimum absolute atomic E-state index is 0.108. The molecule has 3 fully saturated rings. The Morgan fingerprint density at radius 1 is 1.00 bits per heavy atom. The van der Waals surface area contributed by atoms with Crippen LogP contribution in [-0.4, -0.2) is 11.6 Å². The van der Waals surface area contributed by atoms with Gasteiger partial charge in [-0.1, -0.05) is 33.1 Å². The predicted octanol–water partition coefficient (Wildman–Crippen LogP) is 4.82. The molecular weight excluding hydrogens is 260 g/mol.